The lowest BCUT2D eigenvalue weighted by Gasteiger charge is -2.31. The quantitative estimate of drug-likeness (QED) is 0.414. The van der Waals surface area contributed by atoms with Crippen LogP contribution in [-0.4, -0.2) is 28.3 Å². The monoisotopic (exact) mass is 491 g/mol. The first-order valence-corrected chi connectivity index (χ1v) is 12.7. The minimum absolute atomic E-state index is 0.0754. The van der Waals surface area contributed by atoms with Crippen molar-refractivity contribution in [2.45, 2.75) is 22.6 Å². The molecule has 0 aliphatic carbocycles. The first kappa shape index (κ1) is 22.7. The highest BCUT2D eigenvalue weighted by Gasteiger charge is 2.30. The van der Waals surface area contributed by atoms with Crippen LogP contribution < -0.4 is 9.03 Å². The normalized spacial score (nSPS) is 13.9. The van der Waals surface area contributed by atoms with Crippen molar-refractivity contribution in [1.29, 1.82) is 0 Å². The Balaban J connectivity index is 1.67. The summed E-state index contributed by atoms with van der Waals surface area (Å²) in [6, 6.07) is 13.5. The van der Waals surface area contributed by atoms with Crippen molar-refractivity contribution in [2.75, 3.05) is 15.6 Å². The summed E-state index contributed by atoms with van der Waals surface area (Å²) in [6.07, 6.45) is 1.18. The van der Waals surface area contributed by atoms with Crippen LogP contribution in [-0.2, 0) is 26.5 Å². The van der Waals surface area contributed by atoms with Gasteiger partial charge in [-0.25, -0.2) is 21.2 Å². The van der Waals surface area contributed by atoms with Crippen LogP contribution in [0, 0.1) is 15.9 Å². The van der Waals surface area contributed by atoms with E-state index in [1.165, 1.54) is 28.6 Å². The van der Waals surface area contributed by atoms with Crippen molar-refractivity contribution in [2.24, 2.45) is 0 Å². The Morgan fingerprint density at radius 1 is 0.909 bits per heavy atom. The van der Waals surface area contributed by atoms with Crippen molar-refractivity contribution >= 4 is 37.1 Å². The largest absolute Gasteiger partial charge is 0.280 e. The average molecular weight is 492 g/mol. The second-order valence-corrected chi connectivity index (χ2v) is 10.9. The number of non-ortho nitro benzene ring substituents is 1. The van der Waals surface area contributed by atoms with Crippen LogP contribution in [0.4, 0.5) is 21.5 Å². The molecule has 172 valence electrons. The van der Waals surface area contributed by atoms with Gasteiger partial charge < -0.3 is 0 Å². The third-order valence-corrected chi connectivity index (χ3v) is 8.40. The van der Waals surface area contributed by atoms with E-state index in [1.54, 1.807) is 6.07 Å². The number of benzene rings is 3. The summed E-state index contributed by atoms with van der Waals surface area (Å²) >= 11 is 0. The Bertz CT molecular complexity index is 1420. The smallest absolute Gasteiger partial charge is 0.269 e. The van der Waals surface area contributed by atoms with Gasteiger partial charge in [0.05, 0.1) is 26.1 Å². The molecule has 0 saturated heterocycles. The number of halogens is 1. The molecule has 1 heterocycles. The number of sulfonamides is 2. The molecular formula is C21H18FN3O6S2. The topological polar surface area (TPSA) is 127 Å². The standard InChI is InChI=1S/C21H18FN3O6S2/c22-16-4-9-20(10-5-16)33(30,31)24-13-1-2-15-3-6-17(14-21(15)24)23-32(28,29)19-11-7-18(8-12-19)25(26)27/h3-12,14,23H,1-2,13H2. The molecule has 0 radical (unpaired) electrons. The van der Waals surface area contributed by atoms with E-state index in [1.807, 2.05) is 0 Å². The Hall–Kier alpha value is -3.51. The lowest BCUT2D eigenvalue weighted by molar-refractivity contribution is -0.384. The van der Waals surface area contributed by atoms with Crippen LogP contribution in [0.25, 0.3) is 0 Å². The zero-order valence-electron chi connectivity index (χ0n) is 17.0. The van der Waals surface area contributed by atoms with Crippen molar-refractivity contribution in [3.8, 4) is 0 Å². The van der Waals surface area contributed by atoms with E-state index in [0.717, 1.165) is 42.0 Å². The van der Waals surface area contributed by atoms with Gasteiger partial charge in [0.15, 0.2) is 0 Å². The van der Waals surface area contributed by atoms with Gasteiger partial charge in [-0.05, 0) is 66.9 Å². The van der Waals surface area contributed by atoms with Crippen molar-refractivity contribution < 1.29 is 26.1 Å². The summed E-state index contributed by atoms with van der Waals surface area (Å²) in [4.78, 5) is 9.90. The van der Waals surface area contributed by atoms with Gasteiger partial charge in [0.1, 0.15) is 5.82 Å². The van der Waals surface area contributed by atoms with Crippen LogP contribution in [0.1, 0.15) is 12.0 Å². The lowest BCUT2D eigenvalue weighted by Crippen LogP contribution is -2.35. The molecule has 9 nitrogen and oxygen atoms in total. The highest BCUT2D eigenvalue weighted by Crippen LogP contribution is 2.34. The number of nitro groups is 1. The summed E-state index contributed by atoms with van der Waals surface area (Å²) in [5, 5.41) is 10.8. The van der Waals surface area contributed by atoms with Gasteiger partial charge in [-0.2, -0.15) is 0 Å². The number of hydrogen-bond donors (Lipinski definition) is 1. The van der Waals surface area contributed by atoms with Gasteiger partial charge in [0.25, 0.3) is 25.7 Å². The zero-order chi connectivity index (χ0) is 23.8. The molecule has 3 aromatic carbocycles. The second-order valence-electron chi connectivity index (χ2n) is 7.33. The zero-order valence-corrected chi connectivity index (χ0v) is 18.6. The van der Waals surface area contributed by atoms with E-state index in [4.69, 9.17) is 0 Å². The van der Waals surface area contributed by atoms with Gasteiger partial charge in [0.2, 0.25) is 0 Å². The van der Waals surface area contributed by atoms with Crippen LogP contribution in [0.3, 0.4) is 0 Å². The van der Waals surface area contributed by atoms with Gasteiger partial charge in [-0.15, -0.1) is 0 Å². The molecule has 0 saturated carbocycles. The maximum absolute atomic E-state index is 13.3. The van der Waals surface area contributed by atoms with E-state index in [0.29, 0.717) is 18.5 Å². The number of anilines is 2. The molecule has 0 amide bonds. The minimum Gasteiger partial charge on any atom is -0.280 e. The summed E-state index contributed by atoms with van der Waals surface area (Å²) < 4.78 is 68.6. The van der Waals surface area contributed by atoms with Crippen molar-refractivity contribution in [1.82, 2.24) is 0 Å². The number of nitrogens with zero attached hydrogens (tertiary/aromatic N) is 2. The Morgan fingerprint density at radius 3 is 2.18 bits per heavy atom. The molecule has 0 unspecified atom stereocenters. The fraction of sp³-hybridized carbons (Fsp3) is 0.143. The molecule has 33 heavy (non-hydrogen) atoms. The number of nitro benzene ring substituents is 1. The van der Waals surface area contributed by atoms with E-state index < -0.39 is 30.8 Å². The van der Waals surface area contributed by atoms with Crippen LogP contribution in [0.15, 0.2) is 76.5 Å². The lowest BCUT2D eigenvalue weighted by atomic mass is 10.0. The number of fused-ring (bicyclic) bond motifs is 1. The first-order valence-electron chi connectivity index (χ1n) is 9.76. The number of hydrogen-bond acceptors (Lipinski definition) is 6. The minimum atomic E-state index is -4.07. The van der Waals surface area contributed by atoms with Gasteiger partial charge in [-0.1, -0.05) is 6.07 Å². The fourth-order valence-electron chi connectivity index (χ4n) is 3.55. The van der Waals surface area contributed by atoms with Crippen LogP contribution in [0.5, 0.6) is 0 Å². The van der Waals surface area contributed by atoms with Crippen molar-refractivity contribution in [3.05, 3.63) is 88.2 Å². The van der Waals surface area contributed by atoms with Gasteiger partial charge in [0, 0.05) is 18.7 Å². The molecule has 1 aliphatic rings. The molecule has 0 aromatic heterocycles. The summed E-state index contributed by atoms with van der Waals surface area (Å²) in [7, 11) is -8.07. The highest BCUT2D eigenvalue weighted by atomic mass is 32.2. The molecule has 1 N–H and O–H groups in total. The average Bonchev–Trinajstić information content (AvgIpc) is 2.78. The van der Waals surface area contributed by atoms with Crippen molar-refractivity contribution in [3.63, 3.8) is 0 Å². The SMILES string of the molecule is O=[N+]([O-])c1ccc(S(=O)(=O)Nc2ccc3c(c2)N(S(=O)(=O)c2ccc(F)cc2)CCC3)cc1. The Morgan fingerprint density at radius 2 is 1.55 bits per heavy atom. The predicted octanol–water partition coefficient (Wildman–Crippen LogP) is 3.68. The van der Waals surface area contributed by atoms with E-state index in [9.17, 15) is 31.3 Å². The third-order valence-electron chi connectivity index (χ3n) is 5.17. The third kappa shape index (κ3) is 4.52. The number of rotatable bonds is 6. The second kappa shape index (κ2) is 8.45. The summed E-state index contributed by atoms with van der Waals surface area (Å²) in [5.41, 5.74) is 0.942. The summed E-state index contributed by atoms with van der Waals surface area (Å²) in [6.45, 7) is 0.186. The fourth-order valence-corrected chi connectivity index (χ4v) is 6.13. The molecule has 0 atom stereocenters. The molecule has 3 aromatic rings. The van der Waals surface area contributed by atoms with E-state index in [-0.39, 0.29) is 27.7 Å². The molecule has 0 spiro atoms. The van der Waals surface area contributed by atoms with Gasteiger partial charge in [-0.3, -0.25) is 19.1 Å². The molecular weight excluding hydrogens is 473 g/mol. The summed E-state index contributed by atoms with van der Waals surface area (Å²) in [5.74, 6) is -0.559. The molecule has 0 fully saturated rings. The first-order chi connectivity index (χ1) is 15.6. The van der Waals surface area contributed by atoms with Gasteiger partial charge >= 0.3 is 0 Å². The maximum atomic E-state index is 13.3. The number of aryl methyl sites for hydroxylation is 1. The van der Waals surface area contributed by atoms with Crippen LogP contribution in [0.2, 0.25) is 0 Å². The molecule has 12 heteroatoms. The van der Waals surface area contributed by atoms with E-state index in [2.05, 4.69) is 4.72 Å². The molecule has 0 bridgehead atoms. The molecule has 1 aliphatic heterocycles. The Labute approximate surface area is 189 Å². The maximum Gasteiger partial charge on any atom is 0.269 e. The Kier molecular flexibility index (Phi) is 5.80. The number of nitrogens with one attached hydrogen (secondary N) is 1. The van der Waals surface area contributed by atoms with E-state index >= 15 is 0 Å². The van der Waals surface area contributed by atoms with Crippen LogP contribution >= 0.6 is 0 Å². The molecule has 4 rings (SSSR count). The highest BCUT2D eigenvalue weighted by molar-refractivity contribution is 7.93. The predicted molar refractivity (Wildman–Crippen MR) is 120 cm³/mol.